The lowest BCUT2D eigenvalue weighted by atomic mass is 10.2. The Labute approximate surface area is 113 Å². The zero-order valence-electron chi connectivity index (χ0n) is 9.45. The van der Waals surface area contributed by atoms with Gasteiger partial charge in [-0.3, -0.25) is 4.79 Å². The van der Waals surface area contributed by atoms with Gasteiger partial charge < -0.3 is 16.0 Å². The van der Waals surface area contributed by atoms with E-state index in [2.05, 4.69) is 4.99 Å². The number of aromatic nitrogens is 1. The van der Waals surface area contributed by atoms with Crippen molar-refractivity contribution in [1.82, 2.24) is 4.57 Å². The average Bonchev–Trinajstić information content (AvgIpc) is 2.50. The van der Waals surface area contributed by atoms with E-state index in [0.29, 0.717) is 10.4 Å². The van der Waals surface area contributed by atoms with Gasteiger partial charge in [-0.25, -0.2) is 0 Å². The second-order valence-corrected chi connectivity index (χ2v) is 4.54. The number of rotatable bonds is 1. The molecule has 0 atom stereocenters. The summed E-state index contributed by atoms with van der Waals surface area (Å²) in [5, 5.41) is 1.50. The van der Waals surface area contributed by atoms with Gasteiger partial charge >= 0.3 is 0 Å². The van der Waals surface area contributed by atoms with E-state index in [-0.39, 0.29) is 16.7 Å². The summed E-state index contributed by atoms with van der Waals surface area (Å²) in [5.74, 6) is -0.894. The van der Waals surface area contributed by atoms with Crippen LogP contribution in [0.2, 0.25) is 10.0 Å². The van der Waals surface area contributed by atoms with Crippen LogP contribution in [0.4, 0.5) is 0 Å². The van der Waals surface area contributed by atoms with Crippen molar-refractivity contribution in [2.45, 2.75) is 0 Å². The van der Waals surface area contributed by atoms with E-state index >= 15 is 0 Å². The number of carbonyl (C=O) groups excluding carboxylic acids is 1. The van der Waals surface area contributed by atoms with Crippen molar-refractivity contribution in [3.05, 3.63) is 33.9 Å². The summed E-state index contributed by atoms with van der Waals surface area (Å²) >= 11 is 12.1. The highest BCUT2D eigenvalue weighted by atomic mass is 35.5. The number of nitrogens with two attached hydrogens (primary N) is 2. The molecule has 0 aliphatic carbocycles. The highest BCUT2D eigenvalue weighted by Crippen LogP contribution is 2.32. The summed E-state index contributed by atoms with van der Waals surface area (Å²) < 4.78 is 1.63. The van der Waals surface area contributed by atoms with Gasteiger partial charge in [0, 0.05) is 17.5 Å². The third kappa shape index (κ3) is 2.02. The number of guanidine groups is 1. The molecule has 0 aliphatic rings. The second kappa shape index (κ2) is 4.51. The van der Waals surface area contributed by atoms with Crippen LogP contribution in [0, 0.1) is 0 Å². The lowest BCUT2D eigenvalue weighted by Crippen LogP contribution is -2.24. The molecule has 18 heavy (non-hydrogen) atoms. The molecular formula is C11H10Cl2N4O. The van der Waals surface area contributed by atoms with Gasteiger partial charge in [0.05, 0.1) is 10.5 Å². The topological polar surface area (TPSA) is 86.4 Å². The molecule has 2 rings (SSSR count). The third-order valence-electron chi connectivity index (χ3n) is 2.53. The van der Waals surface area contributed by atoms with Crippen LogP contribution in [-0.4, -0.2) is 16.4 Å². The Balaban J connectivity index is 2.73. The SMILES string of the molecule is Cn1c(C(=O)N=C(N)N)c(Cl)c2cc(Cl)ccc21. The van der Waals surface area contributed by atoms with E-state index in [0.717, 1.165) is 5.52 Å². The summed E-state index contributed by atoms with van der Waals surface area (Å²) in [4.78, 5) is 15.3. The summed E-state index contributed by atoms with van der Waals surface area (Å²) in [6.07, 6.45) is 0. The van der Waals surface area contributed by atoms with Crippen LogP contribution in [0.3, 0.4) is 0 Å². The smallest absolute Gasteiger partial charge is 0.298 e. The maximum atomic E-state index is 11.9. The molecule has 2 aromatic rings. The number of aryl methyl sites for hydroxylation is 1. The van der Waals surface area contributed by atoms with Gasteiger partial charge in [0.25, 0.3) is 5.91 Å². The molecule has 4 N–H and O–H groups in total. The minimum absolute atomic E-state index is 0.224. The molecule has 0 saturated carbocycles. The first kappa shape index (κ1) is 12.7. The summed E-state index contributed by atoms with van der Waals surface area (Å²) in [6, 6.07) is 5.18. The molecule has 0 unspecified atom stereocenters. The van der Waals surface area contributed by atoms with Crippen LogP contribution >= 0.6 is 23.2 Å². The Morgan fingerprint density at radius 3 is 2.61 bits per heavy atom. The van der Waals surface area contributed by atoms with Crippen LogP contribution in [0.1, 0.15) is 10.5 Å². The van der Waals surface area contributed by atoms with E-state index < -0.39 is 5.91 Å². The van der Waals surface area contributed by atoms with Crippen molar-refractivity contribution < 1.29 is 4.79 Å². The number of hydrogen-bond acceptors (Lipinski definition) is 1. The molecule has 1 aromatic carbocycles. The number of aliphatic imine (C=N–C) groups is 1. The molecule has 7 heteroatoms. The maximum Gasteiger partial charge on any atom is 0.298 e. The number of benzene rings is 1. The highest BCUT2D eigenvalue weighted by molar-refractivity contribution is 6.40. The van der Waals surface area contributed by atoms with Crippen molar-refractivity contribution in [1.29, 1.82) is 0 Å². The monoisotopic (exact) mass is 284 g/mol. The molecule has 1 aromatic heterocycles. The van der Waals surface area contributed by atoms with Gasteiger partial charge in [0.15, 0.2) is 5.96 Å². The Bertz CT molecular complexity index is 671. The molecule has 0 saturated heterocycles. The Morgan fingerprint density at radius 1 is 1.33 bits per heavy atom. The van der Waals surface area contributed by atoms with E-state index in [1.165, 1.54) is 0 Å². The van der Waals surface area contributed by atoms with Gasteiger partial charge in [0.1, 0.15) is 5.69 Å². The Kier molecular flexibility index (Phi) is 3.19. The molecule has 1 amide bonds. The quantitative estimate of drug-likeness (QED) is 0.619. The molecule has 0 bridgehead atoms. The largest absolute Gasteiger partial charge is 0.370 e. The van der Waals surface area contributed by atoms with Crippen LogP contribution in [0.15, 0.2) is 23.2 Å². The minimum atomic E-state index is -0.588. The van der Waals surface area contributed by atoms with Crippen molar-refractivity contribution in [2.75, 3.05) is 0 Å². The molecule has 0 radical (unpaired) electrons. The summed E-state index contributed by atoms with van der Waals surface area (Å²) in [7, 11) is 1.71. The molecule has 94 valence electrons. The van der Waals surface area contributed by atoms with Crippen molar-refractivity contribution in [3.63, 3.8) is 0 Å². The zero-order valence-corrected chi connectivity index (χ0v) is 11.0. The van der Waals surface area contributed by atoms with E-state index in [4.69, 9.17) is 34.7 Å². The average molecular weight is 285 g/mol. The van der Waals surface area contributed by atoms with Gasteiger partial charge in [0.2, 0.25) is 0 Å². The molecule has 0 fully saturated rings. The van der Waals surface area contributed by atoms with E-state index in [1.807, 2.05) is 0 Å². The Morgan fingerprint density at radius 2 is 2.00 bits per heavy atom. The molecule has 0 aliphatic heterocycles. The third-order valence-corrected chi connectivity index (χ3v) is 3.15. The van der Waals surface area contributed by atoms with Gasteiger partial charge in [-0.1, -0.05) is 23.2 Å². The number of nitrogens with zero attached hydrogens (tertiary/aromatic N) is 2. The molecule has 1 heterocycles. The van der Waals surface area contributed by atoms with Gasteiger partial charge in [-0.15, -0.1) is 0 Å². The van der Waals surface area contributed by atoms with Crippen LogP contribution in [0.25, 0.3) is 10.9 Å². The molecule has 0 spiro atoms. The van der Waals surface area contributed by atoms with Crippen LogP contribution < -0.4 is 11.5 Å². The first-order chi connectivity index (χ1) is 8.41. The number of fused-ring (bicyclic) bond motifs is 1. The first-order valence-corrected chi connectivity index (χ1v) is 5.75. The Hall–Kier alpha value is -1.72. The predicted octanol–water partition coefficient (Wildman–Crippen LogP) is 1.90. The highest BCUT2D eigenvalue weighted by Gasteiger charge is 2.19. The predicted molar refractivity (Wildman–Crippen MR) is 73.1 cm³/mol. The number of carbonyl (C=O) groups is 1. The summed E-state index contributed by atoms with van der Waals surface area (Å²) in [5.41, 5.74) is 11.4. The minimum Gasteiger partial charge on any atom is -0.370 e. The first-order valence-electron chi connectivity index (χ1n) is 4.99. The standard InChI is InChI=1S/C11H10Cl2N4O/c1-17-7-3-2-5(12)4-6(7)8(13)9(17)10(18)16-11(14)15/h2-4H,1H3,(H4,14,15,16,18). The van der Waals surface area contributed by atoms with E-state index in [1.54, 1.807) is 29.8 Å². The van der Waals surface area contributed by atoms with Crippen molar-refractivity contribution in [2.24, 2.45) is 23.5 Å². The van der Waals surface area contributed by atoms with Gasteiger partial charge in [-0.05, 0) is 18.2 Å². The fraction of sp³-hybridized carbons (Fsp3) is 0.0909. The number of hydrogen-bond donors (Lipinski definition) is 2. The van der Waals surface area contributed by atoms with Gasteiger partial charge in [-0.2, -0.15) is 4.99 Å². The van der Waals surface area contributed by atoms with Crippen LogP contribution in [0.5, 0.6) is 0 Å². The lowest BCUT2D eigenvalue weighted by Gasteiger charge is -2.00. The van der Waals surface area contributed by atoms with Crippen molar-refractivity contribution in [3.8, 4) is 0 Å². The maximum absolute atomic E-state index is 11.9. The van der Waals surface area contributed by atoms with Crippen LogP contribution in [-0.2, 0) is 7.05 Å². The lowest BCUT2D eigenvalue weighted by molar-refractivity contribution is 0.0995. The number of halogens is 2. The van der Waals surface area contributed by atoms with Crippen molar-refractivity contribution >= 4 is 46.0 Å². The normalized spacial score (nSPS) is 10.6. The summed E-state index contributed by atoms with van der Waals surface area (Å²) in [6.45, 7) is 0. The molecular weight excluding hydrogens is 275 g/mol. The fourth-order valence-electron chi connectivity index (χ4n) is 1.78. The molecule has 5 nitrogen and oxygen atoms in total. The number of amides is 1. The second-order valence-electron chi connectivity index (χ2n) is 3.72. The van der Waals surface area contributed by atoms with E-state index in [9.17, 15) is 4.79 Å². The fourth-order valence-corrected chi connectivity index (χ4v) is 2.31. The zero-order chi connectivity index (χ0) is 13.4.